The van der Waals surface area contributed by atoms with Gasteiger partial charge in [-0.05, 0) is 30.3 Å². The lowest BCUT2D eigenvalue weighted by Crippen LogP contribution is -2.16. The summed E-state index contributed by atoms with van der Waals surface area (Å²) in [7, 11) is 1.58. The average molecular weight is 307 g/mol. The first-order valence-corrected chi connectivity index (χ1v) is 7.29. The molecule has 116 valence electrons. The number of nitrogens with zero attached hydrogens (tertiary/aromatic N) is 1. The SMILES string of the molecule is COc1cccc(C(Oc2ccccc2)Oc2ccccc2)n1. The van der Waals surface area contributed by atoms with E-state index in [1.54, 1.807) is 13.2 Å². The van der Waals surface area contributed by atoms with Crippen LogP contribution >= 0.6 is 0 Å². The van der Waals surface area contributed by atoms with E-state index in [4.69, 9.17) is 14.2 Å². The van der Waals surface area contributed by atoms with Crippen molar-refractivity contribution in [1.82, 2.24) is 4.98 Å². The van der Waals surface area contributed by atoms with Crippen molar-refractivity contribution in [3.63, 3.8) is 0 Å². The second-order valence-electron chi connectivity index (χ2n) is 4.80. The van der Waals surface area contributed by atoms with Crippen molar-refractivity contribution in [2.45, 2.75) is 6.29 Å². The summed E-state index contributed by atoms with van der Waals surface area (Å²) >= 11 is 0. The van der Waals surface area contributed by atoms with Crippen LogP contribution in [0.5, 0.6) is 17.4 Å². The average Bonchev–Trinajstić information content (AvgIpc) is 2.63. The van der Waals surface area contributed by atoms with Gasteiger partial charge >= 0.3 is 0 Å². The van der Waals surface area contributed by atoms with Crippen molar-refractivity contribution >= 4 is 0 Å². The molecule has 0 spiro atoms. The number of para-hydroxylation sites is 2. The van der Waals surface area contributed by atoms with Crippen LogP contribution < -0.4 is 14.2 Å². The zero-order valence-corrected chi connectivity index (χ0v) is 12.8. The predicted octanol–water partition coefficient (Wildman–Crippen LogP) is 4.25. The normalized spacial score (nSPS) is 10.3. The van der Waals surface area contributed by atoms with E-state index in [0.29, 0.717) is 23.1 Å². The van der Waals surface area contributed by atoms with Gasteiger partial charge in [-0.3, -0.25) is 0 Å². The third kappa shape index (κ3) is 4.01. The molecular formula is C19H17NO3. The van der Waals surface area contributed by atoms with E-state index < -0.39 is 6.29 Å². The molecule has 0 unspecified atom stereocenters. The quantitative estimate of drug-likeness (QED) is 0.638. The van der Waals surface area contributed by atoms with Crippen LogP contribution in [0.15, 0.2) is 78.9 Å². The molecule has 0 atom stereocenters. The topological polar surface area (TPSA) is 40.6 Å². The summed E-state index contributed by atoms with van der Waals surface area (Å²) in [6, 6.07) is 24.5. The van der Waals surface area contributed by atoms with Gasteiger partial charge in [0.05, 0.1) is 7.11 Å². The van der Waals surface area contributed by atoms with Gasteiger partial charge in [0.1, 0.15) is 17.2 Å². The van der Waals surface area contributed by atoms with Crippen molar-refractivity contribution in [2.24, 2.45) is 0 Å². The fourth-order valence-corrected chi connectivity index (χ4v) is 2.07. The van der Waals surface area contributed by atoms with E-state index in [0.717, 1.165) is 0 Å². The molecule has 2 aromatic carbocycles. The number of ether oxygens (including phenoxy) is 3. The number of methoxy groups -OCH3 is 1. The molecule has 0 N–H and O–H groups in total. The summed E-state index contributed by atoms with van der Waals surface area (Å²) in [5, 5.41) is 0. The molecule has 4 heteroatoms. The molecule has 0 saturated heterocycles. The first-order valence-electron chi connectivity index (χ1n) is 7.29. The Morgan fingerprint density at radius 2 is 1.26 bits per heavy atom. The predicted molar refractivity (Wildman–Crippen MR) is 87.7 cm³/mol. The van der Waals surface area contributed by atoms with Crippen molar-refractivity contribution in [3.8, 4) is 17.4 Å². The molecule has 0 fully saturated rings. The Labute approximate surface area is 135 Å². The number of hydrogen-bond donors (Lipinski definition) is 0. The van der Waals surface area contributed by atoms with Gasteiger partial charge in [-0.1, -0.05) is 42.5 Å². The zero-order chi connectivity index (χ0) is 15.9. The molecule has 0 bridgehead atoms. The lowest BCUT2D eigenvalue weighted by Gasteiger charge is -2.20. The van der Waals surface area contributed by atoms with Crippen LogP contribution in [0.25, 0.3) is 0 Å². The van der Waals surface area contributed by atoms with Gasteiger partial charge in [-0.15, -0.1) is 0 Å². The van der Waals surface area contributed by atoms with Gasteiger partial charge < -0.3 is 14.2 Å². The second kappa shape index (κ2) is 7.31. The summed E-state index contributed by atoms with van der Waals surface area (Å²) in [6.07, 6.45) is -0.671. The van der Waals surface area contributed by atoms with Crippen LogP contribution in [-0.2, 0) is 0 Å². The fraction of sp³-hybridized carbons (Fsp3) is 0.105. The minimum atomic E-state index is -0.671. The third-order valence-corrected chi connectivity index (χ3v) is 3.17. The molecule has 0 aliphatic heterocycles. The van der Waals surface area contributed by atoms with Gasteiger partial charge in [0.25, 0.3) is 6.29 Å². The Bertz CT molecular complexity index is 690. The molecule has 0 aliphatic carbocycles. The van der Waals surface area contributed by atoms with Gasteiger partial charge in [0.2, 0.25) is 5.88 Å². The second-order valence-corrected chi connectivity index (χ2v) is 4.80. The molecule has 3 rings (SSSR count). The zero-order valence-electron chi connectivity index (χ0n) is 12.8. The Morgan fingerprint density at radius 3 is 1.78 bits per heavy atom. The standard InChI is InChI=1S/C19H17NO3/c1-21-18-14-8-13-17(20-18)19(22-15-9-4-2-5-10-15)23-16-11-6-3-7-12-16/h2-14,19H,1H3. The number of hydrogen-bond acceptors (Lipinski definition) is 4. The molecule has 0 radical (unpaired) electrons. The first kappa shape index (κ1) is 14.9. The van der Waals surface area contributed by atoms with E-state index in [9.17, 15) is 0 Å². The van der Waals surface area contributed by atoms with E-state index in [1.807, 2.05) is 72.8 Å². The van der Waals surface area contributed by atoms with Crippen LogP contribution in [-0.4, -0.2) is 12.1 Å². The highest BCUT2D eigenvalue weighted by Crippen LogP contribution is 2.25. The largest absolute Gasteiger partial charge is 0.481 e. The van der Waals surface area contributed by atoms with Gasteiger partial charge in [0, 0.05) is 6.07 Å². The Hall–Kier alpha value is -3.01. The maximum atomic E-state index is 5.96. The summed E-state index contributed by atoms with van der Waals surface area (Å²) in [5.41, 5.74) is 0.636. The van der Waals surface area contributed by atoms with Crippen LogP contribution in [0.2, 0.25) is 0 Å². The molecular weight excluding hydrogens is 290 g/mol. The van der Waals surface area contributed by atoms with Crippen molar-refractivity contribution in [3.05, 3.63) is 84.6 Å². The van der Waals surface area contributed by atoms with Gasteiger partial charge in [0.15, 0.2) is 0 Å². The Balaban J connectivity index is 1.88. The number of benzene rings is 2. The highest BCUT2D eigenvalue weighted by molar-refractivity contribution is 5.25. The van der Waals surface area contributed by atoms with E-state index in [-0.39, 0.29) is 0 Å². The molecule has 4 nitrogen and oxygen atoms in total. The first-order chi connectivity index (χ1) is 11.3. The number of aromatic nitrogens is 1. The Morgan fingerprint density at radius 1 is 0.696 bits per heavy atom. The molecule has 0 saturated carbocycles. The lowest BCUT2D eigenvalue weighted by molar-refractivity contribution is -0.0000281. The monoisotopic (exact) mass is 307 g/mol. The van der Waals surface area contributed by atoms with Crippen LogP contribution in [0.3, 0.4) is 0 Å². The summed E-state index contributed by atoms with van der Waals surface area (Å²) in [5.74, 6) is 1.93. The lowest BCUT2D eigenvalue weighted by atomic mass is 10.3. The van der Waals surface area contributed by atoms with Crippen LogP contribution in [0.1, 0.15) is 12.0 Å². The Kier molecular flexibility index (Phi) is 4.74. The molecule has 1 aromatic heterocycles. The highest BCUT2D eigenvalue weighted by Gasteiger charge is 2.18. The molecule has 3 aromatic rings. The summed E-state index contributed by atoms with van der Waals surface area (Å²) < 4.78 is 17.1. The number of rotatable bonds is 6. The maximum Gasteiger partial charge on any atom is 0.284 e. The number of pyridine rings is 1. The van der Waals surface area contributed by atoms with E-state index in [2.05, 4.69) is 4.98 Å². The molecule has 0 aliphatic rings. The van der Waals surface area contributed by atoms with Crippen molar-refractivity contribution < 1.29 is 14.2 Å². The summed E-state index contributed by atoms with van der Waals surface area (Å²) in [4.78, 5) is 4.41. The van der Waals surface area contributed by atoms with E-state index >= 15 is 0 Å². The van der Waals surface area contributed by atoms with Gasteiger partial charge in [-0.25, -0.2) is 4.98 Å². The van der Waals surface area contributed by atoms with Crippen LogP contribution in [0.4, 0.5) is 0 Å². The van der Waals surface area contributed by atoms with Gasteiger partial charge in [-0.2, -0.15) is 0 Å². The summed E-state index contributed by atoms with van der Waals surface area (Å²) in [6.45, 7) is 0. The molecule has 1 heterocycles. The third-order valence-electron chi connectivity index (χ3n) is 3.17. The highest BCUT2D eigenvalue weighted by atomic mass is 16.7. The molecule has 0 amide bonds. The minimum absolute atomic E-state index is 0.515. The molecule has 23 heavy (non-hydrogen) atoms. The smallest absolute Gasteiger partial charge is 0.284 e. The maximum absolute atomic E-state index is 5.96. The van der Waals surface area contributed by atoms with Crippen LogP contribution in [0, 0.1) is 0 Å². The fourth-order valence-electron chi connectivity index (χ4n) is 2.07. The van der Waals surface area contributed by atoms with Crippen molar-refractivity contribution in [2.75, 3.05) is 7.11 Å². The van der Waals surface area contributed by atoms with E-state index in [1.165, 1.54) is 0 Å². The minimum Gasteiger partial charge on any atom is -0.481 e. The van der Waals surface area contributed by atoms with Crippen molar-refractivity contribution in [1.29, 1.82) is 0 Å².